The lowest BCUT2D eigenvalue weighted by Gasteiger charge is -2.20. The topological polar surface area (TPSA) is 80.3 Å². The number of carbonyl (C=O) groups excluding carboxylic acids is 2. The van der Waals surface area contributed by atoms with Gasteiger partial charge in [0.25, 0.3) is 0 Å². The largest absolute Gasteiger partial charge is 0.497 e. The van der Waals surface area contributed by atoms with Crippen LogP contribution >= 0.6 is 0 Å². The molecule has 0 bridgehead atoms. The van der Waals surface area contributed by atoms with E-state index in [1.54, 1.807) is 55.8 Å². The smallest absolute Gasteiger partial charge is 0.313 e. The molecular formula is C26H22FN3O3. The Hall–Kier alpha value is -4.26. The molecular weight excluding hydrogens is 421 g/mol. The number of aromatic nitrogens is 1. The van der Waals surface area contributed by atoms with Crippen molar-refractivity contribution in [1.82, 2.24) is 10.3 Å². The molecule has 0 aliphatic heterocycles. The number of halogens is 1. The molecule has 0 saturated heterocycles. The van der Waals surface area contributed by atoms with E-state index in [1.807, 2.05) is 24.3 Å². The Bertz CT molecular complexity index is 1270. The fourth-order valence-electron chi connectivity index (χ4n) is 3.55. The van der Waals surface area contributed by atoms with Gasteiger partial charge < -0.3 is 15.4 Å². The van der Waals surface area contributed by atoms with Gasteiger partial charge in [-0.3, -0.25) is 14.6 Å². The van der Waals surface area contributed by atoms with Crippen LogP contribution in [0.4, 0.5) is 10.1 Å². The van der Waals surface area contributed by atoms with E-state index in [1.165, 1.54) is 12.1 Å². The maximum absolute atomic E-state index is 13.3. The number of pyridine rings is 1. The Morgan fingerprint density at radius 1 is 0.939 bits per heavy atom. The first-order valence-electron chi connectivity index (χ1n) is 10.4. The van der Waals surface area contributed by atoms with Crippen LogP contribution in [0.15, 0.2) is 85.1 Å². The third-order valence-corrected chi connectivity index (χ3v) is 5.26. The summed E-state index contributed by atoms with van der Waals surface area (Å²) in [5, 5.41) is 6.29. The van der Waals surface area contributed by atoms with Gasteiger partial charge in [0.1, 0.15) is 11.6 Å². The van der Waals surface area contributed by atoms with Crippen molar-refractivity contribution in [2.75, 3.05) is 12.4 Å². The molecule has 0 radical (unpaired) electrons. The van der Waals surface area contributed by atoms with Crippen molar-refractivity contribution in [1.29, 1.82) is 0 Å². The van der Waals surface area contributed by atoms with Crippen LogP contribution in [0.25, 0.3) is 10.9 Å². The Balaban J connectivity index is 1.54. The van der Waals surface area contributed by atoms with Crippen molar-refractivity contribution in [3.05, 3.63) is 102 Å². The van der Waals surface area contributed by atoms with Gasteiger partial charge in [0.2, 0.25) is 0 Å². The molecule has 2 amide bonds. The van der Waals surface area contributed by atoms with Gasteiger partial charge in [-0.1, -0.05) is 42.5 Å². The molecule has 1 heterocycles. The molecule has 0 aliphatic rings. The van der Waals surface area contributed by atoms with Gasteiger partial charge in [0.15, 0.2) is 0 Å². The third kappa shape index (κ3) is 5.33. The summed E-state index contributed by atoms with van der Waals surface area (Å²) in [6.07, 6.45) is 2.00. The second kappa shape index (κ2) is 9.91. The van der Waals surface area contributed by atoms with E-state index >= 15 is 0 Å². The monoisotopic (exact) mass is 443 g/mol. The van der Waals surface area contributed by atoms with E-state index in [9.17, 15) is 14.0 Å². The van der Waals surface area contributed by atoms with Gasteiger partial charge in [-0.15, -0.1) is 0 Å². The number of methoxy groups -OCH3 is 1. The van der Waals surface area contributed by atoms with Crippen LogP contribution in [0.2, 0.25) is 0 Å². The Morgan fingerprint density at radius 3 is 2.39 bits per heavy atom. The first kappa shape index (κ1) is 22.0. The van der Waals surface area contributed by atoms with Crippen molar-refractivity contribution < 1.29 is 18.7 Å². The lowest BCUT2D eigenvalue weighted by molar-refractivity contribution is -0.136. The number of anilines is 1. The molecule has 1 atom stereocenters. The van der Waals surface area contributed by atoms with Crippen LogP contribution in [0.5, 0.6) is 5.75 Å². The quantitative estimate of drug-likeness (QED) is 0.433. The van der Waals surface area contributed by atoms with E-state index in [-0.39, 0.29) is 5.82 Å². The number of benzene rings is 3. The highest BCUT2D eigenvalue weighted by Crippen LogP contribution is 2.23. The number of carbonyl (C=O) groups is 2. The molecule has 3 aromatic carbocycles. The van der Waals surface area contributed by atoms with Gasteiger partial charge in [0, 0.05) is 11.6 Å². The van der Waals surface area contributed by atoms with Crippen molar-refractivity contribution in [2.45, 2.75) is 12.5 Å². The maximum atomic E-state index is 13.3. The van der Waals surface area contributed by atoms with Crippen molar-refractivity contribution in [3.63, 3.8) is 0 Å². The van der Waals surface area contributed by atoms with Gasteiger partial charge in [-0.2, -0.15) is 0 Å². The fourth-order valence-corrected chi connectivity index (χ4v) is 3.55. The summed E-state index contributed by atoms with van der Waals surface area (Å²) in [6, 6.07) is 21.7. The highest BCUT2D eigenvalue weighted by Gasteiger charge is 2.21. The van der Waals surface area contributed by atoms with Crippen molar-refractivity contribution >= 4 is 28.4 Å². The highest BCUT2D eigenvalue weighted by atomic mass is 19.1. The van der Waals surface area contributed by atoms with Crippen LogP contribution in [-0.4, -0.2) is 23.9 Å². The van der Waals surface area contributed by atoms with E-state index in [0.29, 0.717) is 23.4 Å². The van der Waals surface area contributed by atoms with Crippen LogP contribution in [-0.2, 0) is 16.0 Å². The number of hydrogen-bond donors (Lipinski definition) is 2. The van der Waals surface area contributed by atoms with Crippen LogP contribution in [0, 0.1) is 5.82 Å². The minimum Gasteiger partial charge on any atom is -0.497 e. The standard InChI is InChI=1S/C26H22FN3O3/c1-33-21-13-9-18(10-14-21)23(16-17-7-11-20(27)12-8-17)30-26(32)25(31)29-22-6-2-4-19-5-3-15-28-24(19)22/h2-15,23H,16H2,1H3,(H,29,31)(H,30,32). The maximum Gasteiger partial charge on any atom is 0.313 e. The molecule has 0 aliphatic carbocycles. The number of amides is 2. The average Bonchev–Trinajstić information content (AvgIpc) is 2.85. The summed E-state index contributed by atoms with van der Waals surface area (Å²) < 4.78 is 18.5. The number of nitrogens with zero attached hydrogens (tertiary/aromatic N) is 1. The van der Waals surface area contributed by atoms with E-state index in [4.69, 9.17) is 4.74 Å². The third-order valence-electron chi connectivity index (χ3n) is 5.26. The van der Waals surface area contributed by atoms with E-state index < -0.39 is 17.9 Å². The normalized spacial score (nSPS) is 11.6. The van der Waals surface area contributed by atoms with Crippen molar-refractivity contribution in [3.8, 4) is 5.75 Å². The Morgan fingerprint density at radius 2 is 1.67 bits per heavy atom. The molecule has 33 heavy (non-hydrogen) atoms. The number of para-hydroxylation sites is 1. The highest BCUT2D eigenvalue weighted by molar-refractivity contribution is 6.40. The van der Waals surface area contributed by atoms with Crippen LogP contribution in [0.3, 0.4) is 0 Å². The predicted molar refractivity (Wildman–Crippen MR) is 124 cm³/mol. The Kier molecular flexibility index (Phi) is 6.59. The first-order chi connectivity index (χ1) is 16.0. The Labute approximate surface area is 190 Å². The minimum absolute atomic E-state index is 0.341. The van der Waals surface area contributed by atoms with E-state index in [2.05, 4.69) is 15.6 Å². The molecule has 0 saturated carbocycles. The number of ether oxygens (including phenoxy) is 1. The summed E-state index contributed by atoms with van der Waals surface area (Å²) in [5.74, 6) is -1.25. The molecule has 0 fully saturated rings. The predicted octanol–water partition coefficient (Wildman–Crippen LogP) is 4.42. The SMILES string of the molecule is COc1ccc(C(Cc2ccc(F)cc2)NC(=O)C(=O)Nc2cccc3cccnc23)cc1. The zero-order valence-electron chi connectivity index (χ0n) is 17.9. The second-order valence-corrected chi connectivity index (χ2v) is 7.46. The first-order valence-corrected chi connectivity index (χ1v) is 10.4. The second-order valence-electron chi connectivity index (χ2n) is 7.46. The molecule has 7 heteroatoms. The molecule has 6 nitrogen and oxygen atoms in total. The summed E-state index contributed by atoms with van der Waals surface area (Å²) >= 11 is 0. The zero-order chi connectivity index (χ0) is 23.2. The number of nitrogens with one attached hydrogen (secondary N) is 2. The average molecular weight is 443 g/mol. The summed E-state index contributed by atoms with van der Waals surface area (Å²) in [7, 11) is 1.57. The lowest BCUT2D eigenvalue weighted by Crippen LogP contribution is -2.38. The molecule has 4 aromatic rings. The van der Waals surface area contributed by atoms with Gasteiger partial charge in [-0.25, -0.2) is 4.39 Å². The molecule has 1 unspecified atom stereocenters. The molecule has 0 spiro atoms. The number of hydrogen-bond acceptors (Lipinski definition) is 4. The molecule has 2 N–H and O–H groups in total. The molecule has 4 rings (SSSR count). The summed E-state index contributed by atoms with van der Waals surface area (Å²) in [6.45, 7) is 0. The van der Waals surface area contributed by atoms with Crippen LogP contribution in [0.1, 0.15) is 17.2 Å². The fraction of sp³-hybridized carbons (Fsp3) is 0.115. The van der Waals surface area contributed by atoms with Crippen molar-refractivity contribution in [2.24, 2.45) is 0 Å². The van der Waals surface area contributed by atoms with E-state index in [0.717, 1.165) is 16.5 Å². The zero-order valence-corrected chi connectivity index (χ0v) is 17.9. The summed E-state index contributed by atoms with van der Waals surface area (Å²) in [5.41, 5.74) is 2.65. The van der Waals surface area contributed by atoms with Gasteiger partial charge in [0.05, 0.1) is 24.4 Å². The minimum atomic E-state index is -0.800. The summed E-state index contributed by atoms with van der Waals surface area (Å²) in [4.78, 5) is 29.8. The molecule has 1 aromatic heterocycles. The number of rotatable bonds is 6. The van der Waals surface area contributed by atoms with Gasteiger partial charge in [-0.05, 0) is 53.9 Å². The molecule has 166 valence electrons. The van der Waals surface area contributed by atoms with Crippen LogP contribution < -0.4 is 15.4 Å². The van der Waals surface area contributed by atoms with Gasteiger partial charge >= 0.3 is 11.8 Å². The number of fused-ring (bicyclic) bond motifs is 1. The lowest BCUT2D eigenvalue weighted by atomic mass is 9.98.